The van der Waals surface area contributed by atoms with Gasteiger partial charge in [-0.15, -0.1) is 0 Å². The van der Waals surface area contributed by atoms with Gasteiger partial charge in [-0.05, 0) is 54.9 Å². The van der Waals surface area contributed by atoms with Crippen LogP contribution in [0.4, 0.5) is 4.39 Å². The summed E-state index contributed by atoms with van der Waals surface area (Å²) >= 11 is 3.33. The lowest BCUT2D eigenvalue weighted by Gasteiger charge is -2.17. The van der Waals surface area contributed by atoms with Crippen molar-refractivity contribution >= 4 is 15.9 Å². The largest absolute Gasteiger partial charge is 0.497 e. The maximum atomic E-state index is 13.5. The van der Waals surface area contributed by atoms with Gasteiger partial charge in [-0.3, -0.25) is 0 Å². The maximum absolute atomic E-state index is 13.5. The molecule has 0 bridgehead atoms. The van der Waals surface area contributed by atoms with Gasteiger partial charge in [-0.2, -0.15) is 0 Å². The molecule has 20 heavy (non-hydrogen) atoms. The van der Waals surface area contributed by atoms with E-state index in [9.17, 15) is 4.39 Å². The van der Waals surface area contributed by atoms with Crippen LogP contribution in [-0.2, 0) is 6.42 Å². The lowest BCUT2D eigenvalue weighted by molar-refractivity contribution is 0.414. The Morgan fingerprint density at radius 1 is 1.20 bits per heavy atom. The van der Waals surface area contributed by atoms with Crippen molar-refractivity contribution in [3.05, 3.63) is 63.9 Å². The van der Waals surface area contributed by atoms with Crippen LogP contribution in [0.1, 0.15) is 17.2 Å². The zero-order valence-corrected chi connectivity index (χ0v) is 13.1. The molecule has 0 aliphatic heterocycles. The summed E-state index contributed by atoms with van der Waals surface area (Å²) in [5.74, 6) is 0.604. The minimum absolute atomic E-state index is 0.0652. The van der Waals surface area contributed by atoms with Crippen molar-refractivity contribution in [3.8, 4) is 5.75 Å². The first-order valence-electron chi connectivity index (χ1n) is 6.38. The normalized spacial score (nSPS) is 12.2. The van der Waals surface area contributed by atoms with Crippen LogP contribution >= 0.6 is 15.9 Å². The van der Waals surface area contributed by atoms with Gasteiger partial charge in [0.05, 0.1) is 7.11 Å². The Labute approximate surface area is 127 Å². The monoisotopic (exact) mass is 337 g/mol. The molecule has 1 N–H and O–H groups in total. The molecule has 1 atom stereocenters. The summed E-state index contributed by atoms with van der Waals surface area (Å²) < 4.78 is 19.4. The molecule has 0 aliphatic rings. The third-order valence-corrected chi connectivity index (χ3v) is 3.69. The minimum Gasteiger partial charge on any atom is -0.497 e. The summed E-state index contributed by atoms with van der Waals surface area (Å²) in [7, 11) is 3.53. The third-order valence-electron chi connectivity index (χ3n) is 3.23. The maximum Gasteiger partial charge on any atom is 0.124 e. The van der Waals surface area contributed by atoms with Crippen LogP contribution in [0.2, 0.25) is 0 Å². The quantitative estimate of drug-likeness (QED) is 0.886. The van der Waals surface area contributed by atoms with E-state index in [4.69, 9.17) is 4.74 Å². The number of benzene rings is 2. The highest BCUT2D eigenvalue weighted by molar-refractivity contribution is 9.10. The fraction of sp³-hybridized carbons (Fsp3) is 0.250. The molecule has 0 spiro atoms. The lowest BCUT2D eigenvalue weighted by atomic mass is 9.99. The van der Waals surface area contributed by atoms with Crippen LogP contribution in [0, 0.1) is 5.82 Å². The Balaban J connectivity index is 2.19. The molecule has 0 aliphatic carbocycles. The molecular formula is C16H17BrFNO. The van der Waals surface area contributed by atoms with Gasteiger partial charge < -0.3 is 10.1 Å². The molecule has 0 saturated carbocycles. The molecule has 2 aromatic rings. The second kappa shape index (κ2) is 6.86. The van der Waals surface area contributed by atoms with Crippen molar-refractivity contribution < 1.29 is 9.13 Å². The van der Waals surface area contributed by atoms with Crippen molar-refractivity contribution in [1.82, 2.24) is 5.32 Å². The van der Waals surface area contributed by atoms with Gasteiger partial charge in [0.2, 0.25) is 0 Å². The Kier molecular flexibility index (Phi) is 5.15. The first-order valence-corrected chi connectivity index (χ1v) is 7.18. The van der Waals surface area contributed by atoms with Crippen LogP contribution in [0.25, 0.3) is 0 Å². The predicted octanol–water partition coefficient (Wildman–Crippen LogP) is 4.10. The number of hydrogen-bond donors (Lipinski definition) is 1. The zero-order valence-electron chi connectivity index (χ0n) is 11.5. The van der Waals surface area contributed by atoms with Gasteiger partial charge in [-0.1, -0.05) is 28.1 Å². The summed E-state index contributed by atoms with van der Waals surface area (Å²) in [6.07, 6.45) is 0.788. The first kappa shape index (κ1) is 15.0. The van der Waals surface area contributed by atoms with Gasteiger partial charge in [0.15, 0.2) is 0 Å². The zero-order chi connectivity index (χ0) is 14.5. The second-order valence-electron chi connectivity index (χ2n) is 4.60. The molecule has 0 heterocycles. The smallest absolute Gasteiger partial charge is 0.124 e. The topological polar surface area (TPSA) is 21.3 Å². The lowest BCUT2D eigenvalue weighted by Crippen LogP contribution is -2.19. The number of halogens is 2. The van der Waals surface area contributed by atoms with Crippen molar-refractivity contribution in [1.29, 1.82) is 0 Å². The number of methoxy groups -OCH3 is 1. The molecule has 2 rings (SSSR count). The number of rotatable bonds is 5. The Morgan fingerprint density at radius 2 is 1.90 bits per heavy atom. The molecule has 0 aromatic heterocycles. The van der Waals surface area contributed by atoms with E-state index >= 15 is 0 Å². The third kappa shape index (κ3) is 3.81. The van der Waals surface area contributed by atoms with Crippen molar-refractivity contribution in [2.45, 2.75) is 12.5 Å². The molecule has 0 saturated heterocycles. The van der Waals surface area contributed by atoms with E-state index in [0.717, 1.165) is 22.2 Å². The molecular weight excluding hydrogens is 321 g/mol. The Bertz CT molecular complexity index is 551. The summed E-state index contributed by atoms with van der Waals surface area (Å²) in [4.78, 5) is 0. The van der Waals surface area contributed by atoms with E-state index in [1.54, 1.807) is 13.2 Å². The van der Waals surface area contributed by atoms with Gasteiger partial charge in [0.25, 0.3) is 0 Å². The second-order valence-corrected chi connectivity index (χ2v) is 5.51. The van der Waals surface area contributed by atoms with Crippen molar-refractivity contribution in [2.24, 2.45) is 0 Å². The standard InChI is InChI=1S/C16H17BrFNO/c1-19-16(12-8-13(17)10-14(18)9-12)7-11-3-5-15(20-2)6-4-11/h3-6,8-10,16,19H,7H2,1-2H3. The van der Waals surface area contributed by atoms with E-state index in [1.807, 2.05) is 37.4 Å². The summed E-state index contributed by atoms with van der Waals surface area (Å²) in [6, 6.07) is 12.9. The highest BCUT2D eigenvalue weighted by Crippen LogP contribution is 2.24. The van der Waals surface area contributed by atoms with Crippen LogP contribution in [-0.4, -0.2) is 14.2 Å². The molecule has 4 heteroatoms. The summed E-state index contributed by atoms with van der Waals surface area (Å²) in [6.45, 7) is 0. The number of hydrogen-bond acceptors (Lipinski definition) is 2. The van der Waals surface area contributed by atoms with Crippen LogP contribution in [0.5, 0.6) is 5.75 Å². The fourth-order valence-corrected chi connectivity index (χ4v) is 2.64. The number of likely N-dealkylation sites (N-methyl/N-ethyl adjacent to an activating group) is 1. The molecule has 2 nitrogen and oxygen atoms in total. The van der Waals surface area contributed by atoms with Gasteiger partial charge in [0.1, 0.15) is 11.6 Å². The molecule has 0 amide bonds. The van der Waals surface area contributed by atoms with E-state index in [-0.39, 0.29) is 11.9 Å². The first-order chi connectivity index (χ1) is 9.62. The molecule has 1 unspecified atom stereocenters. The van der Waals surface area contributed by atoms with Gasteiger partial charge in [0, 0.05) is 10.5 Å². The molecule has 0 fully saturated rings. The fourth-order valence-electron chi connectivity index (χ4n) is 2.16. The summed E-state index contributed by atoms with van der Waals surface area (Å²) in [5.41, 5.74) is 2.10. The van der Waals surface area contributed by atoms with E-state index in [1.165, 1.54) is 11.6 Å². The molecule has 106 valence electrons. The number of ether oxygens (including phenoxy) is 1. The van der Waals surface area contributed by atoms with Crippen molar-refractivity contribution in [3.63, 3.8) is 0 Å². The average Bonchev–Trinajstić information content (AvgIpc) is 2.44. The minimum atomic E-state index is -0.232. The van der Waals surface area contributed by atoms with Crippen molar-refractivity contribution in [2.75, 3.05) is 14.2 Å². The Morgan fingerprint density at radius 3 is 2.45 bits per heavy atom. The summed E-state index contributed by atoms with van der Waals surface area (Å²) in [5, 5.41) is 3.23. The highest BCUT2D eigenvalue weighted by Gasteiger charge is 2.12. The van der Waals surface area contributed by atoms with Gasteiger partial charge >= 0.3 is 0 Å². The SMILES string of the molecule is CNC(Cc1ccc(OC)cc1)c1cc(F)cc(Br)c1. The average molecular weight is 338 g/mol. The van der Waals surface area contributed by atoms with E-state index < -0.39 is 0 Å². The molecule has 0 radical (unpaired) electrons. The highest BCUT2D eigenvalue weighted by atomic mass is 79.9. The predicted molar refractivity (Wildman–Crippen MR) is 82.6 cm³/mol. The van der Waals surface area contributed by atoms with Crippen LogP contribution < -0.4 is 10.1 Å². The van der Waals surface area contributed by atoms with E-state index in [2.05, 4.69) is 21.2 Å². The number of nitrogens with one attached hydrogen (secondary N) is 1. The van der Waals surface area contributed by atoms with Crippen LogP contribution in [0.15, 0.2) is 46.9 Å². The van der Waals surface area contributed by atoms with Crippen LogP contribution in [0.3, 0.4) is 0 Å². The van der Waals surface area contributed by atoms with Gasteiger partial charge in [-0.25, -0.2) is 4.39 Å². The molecule has 2 aromatic carbocycles. The Hall–Kier alpha value is -1.39. The van der Waals surface area contributed by atoms with E-state index in [0.29, 0.717) is 0 Å².